The van der Waals surface area contributed by atoms with E-state index in [4.69, 9.17) is 11.6 Å². The summed E-state index contributed by atoms with van der Waals surface area (Å²) in [7, 11) is -3.38. The van der Waals surface area contributed by atoms with Crippen LogP contribution in [0.15, 0.2) is 0 Å². The fraction of sp³-hybridized carbons (Fsp3) is 1.00. The second kappa shape index (κ2) is 6.36. The fourth-order valence-electron chi connectivity index (χ4n) is 2.05. The molecule has 0 spiro atoms. The normalized spacial score (nSPS) is 19.5. The molecule has 1 heterocycles. The summed E-state index contributed by atoms with van der Waals surface area (Å²) < 4.78 is 28.8. The van der Waals surface area contributed by atoms with Gasteiger partial charge in [-0.25, -0.2) is 0 Å². The van der Waals surface area contributed by atoms with Crippen LogP contribution in [0.5, 0.6) is 0 Å². The molecule has 0 amide bonds. The second-order valence-electron chi connectivity index (χ2n) is 4.69. The standard InChI is InChI=1S/C11H23ClN2O2S/c1-3-11(4-2,10-12)13-17(15,16)14-8-6-5-7-9-14/h13H,3-10H2,1-2H3. The van der Waals surface area contributed by atoms with Gasteiger partial charge in [-0.15, -0.1) is 11.6 Å². The summed E-state index contributed by atoms with van der Waals surface area (Å²) in [6.45, 7) is 5.18. The maximum absolute atomic E-state index is 12.2. The Morgan fingerprint density at radius 2 is 1.71 bits per heavy atom. The number of rotatable bonds is 6. The lowest BCUT2D eigenvalue weighted by atomic mass is 9.97. The van der Waals surface area contributed by atoms with Crippen molar-refractivity contribution in [1.82, 2.24) is 9.03 Å². The van der Waals surface area contributed by atoms with E-state index in [1.807, 2.05) is 13.8 Å². The van der Waals surface area contributed by atoms with E-state index in [0.29, 0.717) is 31.8 Å². The lowest BCUT2D eigenvalue weighted by Gasteiger charge is -2.34. The maximum Gasteiger partial charge on any atom is 0.279 e. The first kappa shape index (κ1) is 15.2. The van der Waals surface area contributed by atoms with Crippen LogP contribution < -0.4 is 4.72 Å². The van der Waals surface area contributed by atoms with Crippen LogP contribution in [-0.2, 0) is 10.2 Å². The highest BCUT2D eigenvalue weighted by Gasteiger charge is 2.34. The molecule has 0 radical (unpaired) electrons. The summed E-state index contributed by atoms with van der Waals surface area (Å²) in [5.74, 6) is 0.313. The Morgan fingerprint density at radius 3 is 2.12 bits per heavy atom. The lowest BCUT2D eigenvalue weighted by Crippen LogP contribution is -2.55. The van der Waals surface area contributed by atoms with Crippen LogP contribution in [-0.4, -0.2) is 37.2 Å². The average Bonchev–Trinajstić information content (AvgIpc) is 2.37. The second-order valence-corrected chi connectivity index (χ2v) is 6.63. The molecule has 0 aromatic heterocycles. The van der Waals surface area contributed by atoms with E-state index < -0.39 is 15.7 Å². The molecule has 0 aromatic carbocycles. The van der Waals surface area contributed by atoms with Crippen molar-refractivity contribution in [3.05, 3.63) is 0 Å². The molecule has 0 aliphatic carbocycles. The van der Waals surface area contributed by atoms with E-state index in [-0.39, 0.29) is 0 Å². The molecule has 0 bridgehead atoms. The Balaban J connectivity index is 2.76. The highest BCUT2D eigenvalue weighted by atomic mass is 35.5. The number of hydrogen-bond acceptors (Lipinski definition) is 2. The third kappa shape index (κ3) is 3.81. The molecule has 6 heteroatoms. The van der Waals surface area contributed by atoms with E-state index in [9.17, 15) is 8.42 Å². The van der Waals surface area contributed by atoms with E-state index >= 15 is 0 Å². The van der Waals surface area contributed by atoms with Gasteiger partial charge in [0.2, 0.25) is 0 Å². The molecule has 17 heavy (non-hydrogen) atoms. The van der Waals surface area contributed by atoms with Gasteiger partial charge in [0.1, 0.15) is 0 Å². The maximum atomic E-state index is 12.2. The van der Waals surface area contributed by atoms with Gasteiger partial charge in [0.25, 0.3) is 10.2 Å². The van der Waals surface area contributed by atoms with Crippen molar-refractivity contribution in [3.8, 4) is 0 Å². The van der Waals surface area contributed by atoms with Gasteiger partial charge in [0.05, 0.1) is 0 Å². The zero-order valence-electron chi connectivity index (χ0n) is 10.7. The summed E-state index contributed by atoms with van der Waals surface area (Å²) >= 11 is 5.92. The Bertz CT molecular complexity index is 314. The molecule has 1 aliphatic rings. The summed E-state index contributed by atoms with van der Waals surface area (Å²) in [6.07, 6.45) is 4.44. The van der Waals surface area contributed by atoms with Gasteiger partial charge in [0.15, 0.2) is 0 Å². The number of alkyl halides is 1. The van der Waals surface area contributed by atoms with Crippen LogP contribution in [0.3, 0.4) is 0 Å². The van der Waals surface area contributed by atoms with Crippen LogP contribution in [0.1, 0.15) is 46.0 Å². The third-order valence-electron chi connectivity index (χ3n) is 3.61. The summed E-state index contributed by atoms with van der Waals surface area (Å²) in [5, 5.41) is 0. The molecule has 1 rings (SSSR count). The zero-order valence-corrected chi connectivity index (χ0v) is 12.3. The van der Waals surface area contributed by atoms with E-state index in [0.717, 1.165) is 19.3 Å². The van der Waals surface area contributed by atoms with Crippen molar-refractivity contribution >= 4 is 21.8 Å². The predicted molar refractivity (Wildman–Crippen MR) is 71.5 cm³/mol. The van der Waals surface area contributed by atoms with Crippen molar-refractivity contribution in [1.29, 1.82) is 0 Å². The number of hydrogen-bond donors (Lipinski definition) is 1. The Hall–Kier alpha value is 0.160. The summed E-state index contributed by atoms with van der Waals surface area (Å²) in [5.41, 5.74) is -0.502. The molecule has 1 saturated heterocycles. The number of piperidine rings is 1. The lowest BCUT2D eigenvalue weighted by molar-refractivity contribution is 0.320. The van der Waals surface area contributed by atoms with Gasteiger partial charge in [-0.2, -0.15) is 17.4 Å². The minimum absolute atomic E-state index is 0.313. The van der Waals surface area contributed by atoms with Gasteiger partial charge in [-0.3, -0.25) is 0 Å². The van der Waals surface area contributed by atoms with Crippen LogP contribution in [0.25, 0.3) is 0 Å². The van der Waals surface area contributed by atoms with Gasteiger partial charge in [0, 0.05) is 24.5 Å². The minimum Gasteiger partial charge on any atom is -0.195 e. The third-order valence-corrected chi connectivity index (χ3v) is 5.86. The predicted octanol–water partition coefficient (Wildman–Crippen LogP) is 2.10. The molecule has 0 aromatic rings. The molecule has 0 unspecified atom stereocenters. The smallest absolute Gasteiger partial charge is 0.195 e. The van der Waals surface area contributed by atoms with Crippen LogP contribution in [0.4, 0.5) is 0 Å². The summed E-state index contributed by atoms with van der Waals surface area (Å²) in [6, 6.07) is 0. The topological polar surface area (TPSA) is 49.4 Å². The molecule has 102 valence electrons. The number of nitrogens with zero attached hydrogens (tertiary/aromatic N) is 1. The first-order chi connectivity index (χ1) is 7.99. The van der Waals surface area contributed by atoms with Crippen LogP contribution in [0, 0.1) is 0 Å². The summed E-state index contributed by atoms with van der Waals surface area (Å²) in [4.78, 5) is 0. The van der Waals surface area contributed by atoms with E-state index in [1.165, 1.54) is 0 Å². The molecular weight excluding hydrogens is 260 g/mol. The largest absolute Gasteiger partial charge is 0.279 e. The molecule has 4 nitrogen and oxygen atoms in total. The molecule has 1 aliphatic heterocycles. The van der Waals surface area contributed by atoms with Crippen molar-refractivity contribution in [2.75, 3.05) is 19.0 Å². The van der Waals surface area contributed by atoms with E-state index in [2.05, 4.69) is 4.72 Å². The van der Waals surface area contributed by atoms with Crippen LogP contribution >= 0.6 is 11.6 Å². The van der Waals surface area contributed by atoms with E-state index in [1.54, 1.807) is 4.31 Å². The Kier molecular flexibility index (Phi) is 5.70. The first-order valence-corrected chi connectivity index (χ1v) is 8.32. The van der Waals surface area contributed by atoms with Crippen molar-refractivity contribution in [2.24, 2.45) is 0 Å². The molecule has 0 atom stereocenters. The van der Waals surface area contributed by atoms with Crippen molar-refractivity contribution in [3.63, 3.8) is 0 Å². The monoisotopic (exact) mass is 282 g/mol. The first-order valence-electron chi connectivity index (χ1n) is 6.34. The highest BCUT2D eigenvalue weighted by molar-refractivity contribution is 7.87. The van der Waals surface area contributed by atoms with Crippen molar-refractivity contribution < 1.29 is 8.42 Å². The van der Waals surface area contributed by atoms with Gasteiger partial charge in [-0.05, 0) is 25.7 Å². The number of halogens is 1. The van der Waals surface area contributed by atoms with Gasteiger partial charge < -0.3 is 0 Å². The van der Waals surface area contributed by atoms with Crippen LogP contribution in [0.2, 0.25) is 0 Å². The molecule has 1 N–H and O–H groups in total. The Labute approximate surface area is 110 Å². The Morgan fingerprint density at radius 1 is 1.18 bits per heavy atom. The molecular formula is C11H23ClN2O2S. The fourth-order valence-corrected chi connectivity index (χ4v) is 4.35. The zero-order chi connectivity index (χ0) is 12.9. The minimum atomic E-state index is -3.38. The quantitative estimate of drug-likeness (QED) is 0.759. The highest BCUT2D eigenvalue weighted by Crippen LogP contribution is 2.21. The average molecular weight is 283 g/mol. The molecule has 1 fully saturated rings. The van der Waals surface area contributed by atoms with Gasteiger partial charge in [-0.1, -0.05) is 20.3 Å². The van der Waals surface area contributed by atoms with Crippen molar-refractivity contribution in [2.45, 2.75) is 51.5 Å². The number of nitrogens with one attached hydrogen (secondary N) is 1. The van der Waals surface area contributed by atoms with Gasteiger partial charge >= 0.3 is 0 Å². The SMILES string of the molecule is CCC(CC)(CCl)NS(=O)(=O)N1CCCCC1. The molecule has 0 saturated carbocycles.